The first-order valence-electron chi connectivity index (χ1n) is 12.0. The normalized spacial score (nSPS) is 10.5. The summed E-state index contributed by atoms with van der Waals surface area (Å²) in [7, 11) is 0. The van der Waals surface area contributed by atoms with Crippen molar-refractivity contribution in [2.24, 2.45) is 0 Å². The van der Waals surface area contributed by atoms with Crippen LogP contribution in [0.1, 0.15) is 40.3 Å². The van der Waals surface area contributed by atoms with Crippen molar-refractivity contribution < 1.29 is 28.5 Å². The SMILES string of the molecule is C=C(C)COCc1ccccc1COCc1ccccc1COCc1ccccc1COC(=O)C=[N+]=[N-]. The molecule has 3 rings (SSSR count). The van der Waals surface area contributed by atoms with Crippen LogP contribution in [-0.4, -0.2) is 23.6 Å². The summed E-state index contributed by atoms with van der Waals surface area (Å²) in [6.07, 6.45) is 0.717. The van der Waals surface area contributed by atoms with E-state index in [2.05, 4.69) is 23.5 Å². The van der Waals surface area contributed by atoms with Crippen LogP contribution in [-0.2, 0) is 63.4 Å². The Bertz CT molecular complexity index is 1230. The molecule has 37 heavy (non-hydrogen) atoms. The van der Waals surface area contributed by atoms with E-state index in [0.29, 0.717) is 45.9 Å². The van der Waals surface area contributed by atoms with E-state index < -0.39 is 5.97 Å². The minimum absolute atomic E-state index is 0.0640. The lowest BCUT2D eigenvalue weighted by Crippen LogP contribution is -2.08. The number of hydrogen-bond acceptors (Lipinski definition) is 5. The van der Waals surface area contributed by atoms with E-state index in [0.717, 1.165) is 39.0 Å². The molecular formula is C30H32N2O5. The summed E-state index contributed by atoms with van der Waals surface area (Å²) in [6, 6.07) is 23.7. The van der Waals surface area contributed by atoms with E-state index in [9.17, 15) is 4.79 Å². The average molecular weight is 501 g/mol. The first kappa shape index (κ1) is 27.7. The Hall–Kier alpha value is -3.87. The molecule has 0 amide bonds. The maximum Gasteiger partial charge on any atom is 0.413 e. The Balaban J connectivity index is 1.53. The molecule has 0 bridgehead atoms. The minimum atomic E-state index is -0.714. The van der Waals surface area contributed by atoms with E-state index in [-0.39, 0.29) is 6.61 Å². The highest BCUT2D eigenvalue weighted by molar-refractivity contribution is 6.20. The van der Waals surface area contributed by atoms with Gasteiger partial charge < -0.3 is 24.5 Å². The number of hydrogen-bond donors (Lipinski definition) is 0. The average Bonchev–Trinajstić information content (AvgIpc) is 2.90. The van der Waals surface area contributed by atoms with Gasteiger partial charge in [0, 0.05) is 0 Å². The van der Waals surface area contributed by atoms with Crippen LogP contribution in [0.4, 0.5) is 0 Å². The smallest absolute Gasteiger partial charge is 0.413 e. The van der Waals surface area contributed by atoms with Crippen molar-refractivity contribution >= 4 is 12.2 Å². The molecule has 0 fully saturated rings. The van der Waals surface area contributed by atoms with Crippen LogP contribution in [0.2, 0.25) is 0 Å². The number of carbonyl (C=O) groups excluding carboxylic acids is 1. The fourth-order valence-electron chi connectivity index (χ4n) is 3.63. The molecule has 0 radical (unpaired) electrons. The van der Waals surface area contributed by atoms with Gasteiger partial charge in [0.05, 0.1) is 39.6 Å². The van der Waals surface area contributed by atoms with E-state index in [1.165, 1.54) is 0 Å². The van der Waals surface area contributed by atoms with Gasteiger partial charge in [0.15, 0.2) is 0 Å². The Kier molecular flexibility index (Phi) is 11.5. The zero-order chi connectivity index (χ0) is 26.3. The summed E-state index contributed by atoms with van der Waals surface area (Å²) in [4.78, 5) is 14.1. The van der Waals surface area contributed by atoms with Crippen LogP contribution >= 0.6 is 0 Å². The van der Waals surface area contributed by atoms with Gasteiger partial charge in [0.1, 0.15) is 6.61 Å². The highest BCUT2D eigenvalue weighted by Gasteiger charge is 2.09. The molecule has 0 unspecified atom stereocenters. The Morgan fingerprint density at radius 2 is 1.05 bits per heavy atom. The molecule has 3 aromatic carbocycles. The van der Waals surface area contributed by atoms with Crippen molar-refractivity contribution in [3.63, 3.8) is 0 Å². The molecule has 0 saturated heterocycles. The Labute approximate surface area is 217 Å². The van der Waals surface area contributed by atoms with Gasteiger partial charge in [-0.1, -0.05) is 84.9 Å². The summed E-state index contributed by atoms with van der Waals surface area (Å²) in [5.74, 6) is -0.714. The van der Waals surface area contributed by atoms with Crippen LogP contribution in [0, 0.1) is 0 Å². The molecule has 3 aromatic rings. The maximum absolute atomic E-state index is 11.4. The van der Waals surface area contributed by atoms with Crippen LogP contribution in [0.5, 0.6) is 0 Å². The van der Waals surface area contributed by atoms with Crippen molar-refractivity contribution in [2.45, 2.75) is 46.6 Å². The molecule has 0 atom stereocenters. The number of nitrogens with zero attached hydrogens (tertiary/aromatic N) is 2. The van der Waals surface area contributed by atoms with Crippen molar-refractivity contribution in [2.75, 3.05) is 6.61 Å². The van der Waals surface area contributed by atoms with Gasteiger partial charge in [0.25, 0.3) is 0 Å². The molecule has 0 aliphatic heterocycles. The molecule has 0 aromatic heterocycles. The van der Waals surface area contributed by atoms with E-state index in [1.807, 2.05) is 67.6 Å². The van der Waals surface area contributed by atoms with Gasteiger partial charge >= 0.3 is 12.2 Å². The topological polar surface area (TPSA) is 90.4 Å². The molecule has 0 spiro atoms. The number of carbonyl (C=O) groups is 1. The fourth-order valence-corrected chi connectivity index (χ4v) is 3.63. The third kappa shape index (κ3) is 9.60. The summed E-state index contributed by atoms with van der Waals surface area (Å²) in [5, 5.41) is 0. The number of esters is 1. The monoisotopic (exact) mass is 500 g/mol. The predicted molar refractivity (Wildman–Crippen MR) is 140 cm³/mol. The van der Waals surface area contributed by atoms with Crippen molar-refractivity contribution in [1.29, 1.82) is 0 Å². The molecule has 192 valence electrons. The molecule has 7 nitrogen and oxygen atoms in total. The van der Waals surface area contributed by atoms with Crippen molar-refractivity contribution in [3.05, 3.63) is 124 Å². The second-order valence-corrected chi connectivity index (χ2v) is 8.59. The fraction of sp³-hybridized carbons (Fsp3) is 0.267. The second kappa shape index (κ2) is 15.3. The van der Waals surface area contributed by atoms with Gasteiger partial charge in [-0.15, -0.1) is 0 Å². The maximum atomic E-state index is 11.4. The lowest BCUT2D eigenvalue weighted by molar-refractivity contribution is -0.140. The lowest BCUT2D eigenvalue weighted by atomic mass is 10.1. The molecule has 0 saturated carbocycles. The molecule has 0 heterocycles. The molecule has 0 aliphatic rings. The Morgan fingerprint density at radius 3 is 1.41 bits per heavy atom. The summed E-state index contributed by atoms with van der Waals surface area (Å²) in [6.45, 7) is 8.65. The quantitative estimate of drug-likeness (QED) is 0.0896. The largest absolute Gasteiger partial charge is 0.452 e. The standard InChI is InChI=1S/C30H32N2O5/c1-23(2)16-34-17-24-9-3-4-10-25(24)18-35-19-26-11-5-6-12-27(26)20-36-21-28-13-7-8-14-29(28)22-37-30(33)15-32-31/h3-15H,1,16-22H2,2H3. The van der Waals surface area contributed by atoms with E-state index >= 15 is 0 Å². The van der Waals surface area contributed by atoms with Gasteiger partial charge in [-0.2, -0.15) is 4.79 Å². The van der Waals surface area contributed by atoms with Crippen LogP contribution < -0.4 is 0 Å². The minimum Gasteiger partial charge on any atom is -0.452 e. The van der Waals surface area contributed by atoms with Crippen LogP contribution in [0.3, 0.4) is 0 Å². The van der Waals surface area contributed by atoms with Crippen LogP contribution in [0.15, 0.2) is 84.9 Å². The molecule has 0 N–H and O–H groups in total. The highest BCUT2D eigenvalue weighted by Crippen LogP contribution is 2.17. The highest BCUT2D eigenvalue weighted by atomic mass is 16.5. The third-order valence-corrected chi connectivity index (χ3v) is 5.52. The summed E-state index contributed by atoms with van der Waals surface area (Å²) >= 11 is 0. The molecule has 0 aliphatic carbocycles. The van der Waals surface area contributed by atoms with E-state index in [4.69, 9.17) is 24.5 Å². The molecular weight excluding hydrogens is 468 g/mol. The van der Waals surface area contributed by atoms with Crippen molar-refractivity contribution in [3.8, 4) is 0 Å². The first-order valence-corrected chi connectivity index (χ1v) is 12.0. The summed E-state index contributed by atoms with van der Waals surface area (Å²) < 4.78 is 22.9. The second-order valence-electron chi connectivity index (χ2n) is 8.59. The van der Waals surface area contributed by atoms with Crippen molar-refractivity contribution in [1.82, 2.24) is 0 Å². The zero-order valence-electron chi connectivity index (χ0n) is 21.1. The van der Waals surface area contributed by atoms with Gasteiger partial charge in [-0.3, -0.25) is 0 Å². The predicted octanol–water partition coefficient (Wildman–Crippen LogP) is 5.56. The van der Waals surface area contributed by atoms with E-state index in [1.54, 1.807) is 0 Å². The zero-order valence-corrected chi connectivity index (χ0v) is 21.1. The summed E-state index contributed by atoms with van der Waals surface area (Å²) in [5.41, 5.74) is 15.5. The van der Waals surface area contributed by atoms with Gasteiger partial charge in [-0.25, -0.2) is 4.79 Å². The lowest BCUT2D eigenvalue weighted by Gasteiger charge is -2.14. The van der Waals surface area contributed by atoms with Crippen LogP contribution in [0.25, 0.3) is 5.53 Å². The third-order valence-electron chi connectivity index (χ3n) is 5.52. The Morgan fingerprint density at radius 1 is 0.703 bits per heavy atom. The van der Waals surface area contributed by atoms with Gasteiger partial charge in [0.2, 0.25) is 0 Å². The molecule has 7 heteroatoms. The first-order chi connectivity index (χ1) is 18.1. The number of ether oxygens (including phenoxy) is 4. The number of benzene rings is 3. The number of rotatable bonds is 15. The van der Waals surface area contributed by atoms with Gasteiger partial charge in [-0.05, 0) is 40.3 Å².